The molecule has 1 atom stereocenters. The lowest BCUT2D eigenvalue weighted by molar-refractivity contribution is -0.390. The van der Waals surface area contributed by atoms with Gasteiger partial charge in [-0.15, -0.1) is 0 Å². The van der Waals surface area contributed by atoms with Crippen molar-refractivity contribution in [2.75, 3.05) is 13.6 Å². The summed E-state index contributed by atoms with van der Waals surface area (Å²) in [5.74, 6) is -0.192. The number of pyridine rings is 1. The average Bonchev–Trinajstić information content (AvgIpc) is 3.01. The van der Waals surface area contributed by atoms with Gasteiger partial charge in [0.15, 0.2) is 0 Å². The summed E-state index contributed by atoms with van der Waals surface area (Å²) < 4.78 is 0. The first kappa shape index (κ1) is 16.1. The van der Waals surface area contributed by atoms with Crippen LogP contribution in [0, 0.1) is 21.4 Å². The van der Waals surface area contributed by atoms with Crippen LogP contribution in [-0.4, -0.2) is 28.4 Å². The number of rotatable bonds is 4. The Morgan fingerprint density at radius 1 is 1.42 bits per heavy atom. The maximum atomic E-state index is 11.4. The normalized spacial score (nSPS) is 17.6. The van der Waals surface area contributed by atoms with Crippen LogP contribution in [0.4, 0.5) is 5.82 Å². The van der Waals surface area contributed by atoms with E-state index in [-0.39, 0.29) is 17.6 Å². The third kappa shape index (κ3) is 3.12. The average molecular weight is 322 g/mol. The zero-order valence-corrected chi connectivity index (χ0v) is 13.5. The summed E-state index contributed by atoms with van der Waals surface area (Å²) in [6.45, 7) is 0.913. The number of hydrogen-bond acceptors (Lipinski definition) is 5. The van der Waals surface area contributed by atoms with Gasteiger partial charge in [0.25, 0.3) is 5.69 Å². The van der Waals surface area contributed by atoms with Crippen molar-refractivity contribution in [2.45, 2.75) is 25.3 Å². The van der Waals surface area contributed by atoms with Gasteiger partial charge >= 0.3 is 5.82 Å². The van der Waals surface area contributed by atoms with E-state index in [9.17, 15) is 15.4 Å². The molecule has 1 saturated heterocycles. The van der Waals surface area contributed by atoms with Gasteiger partial charge in [-0.2, -0.15) is 5.26 Å². The molecule has 1 aliphatic rings. The summed E-state index contributed by atoms with van der Waals surface area (Å²) in [5.41, 5.74) is 2.54. The Morgan fingerprint density at radius 3 is 2.75 bits per heavy atom. The molecule has 2 aromatic rings. The number of nitro groups is 1. The lowest BCUT2D eigenvalue weighted by Gasteiger charge is -2.20. The minimum Gasteiger partial charge on any atom is -0.358 e. The van der Waals surface area contributed by atoms with Crippen molar-refractivity contribution in [1.82, 2.24) is 9.88 Å². The fourth-order valence-electron chi connectivity index (χ4n) is 3.30. The van der Waals surface area contributed by atoms with Gasteiger partial charge in [-0.1, -0.05) is 30.3 Å². The third-order valence-corrected chi connectivity index (χ3v) is 4.51. The number of nitrogens with zero attached hydrogens (tertiary/aromatic N) is 4. The van der Waals surface area contributed by atoms with Gasteiger partial charge in [-0.25, -0.2) is 0 Å². The van der Waals surface area contributed by atoms with Crippen LogP contribution in [0.2, 0.25) is 0 Å². The molecule has 6 nitrogen and oxygen atoms in total. The molecular weight excluding hydrogens is 304 g/mol. The first-order valence-electron chi connectivity index (χ1n) is 7.92. The fourth-order valence-corrected chi connectivity index (χ4v) is 3.30. The molecule has 0 saturated carbocycles. The zero-order chi connectivity index (χ0) is 17.1. The molecular formula is C18H18N4O2. The van der Waals surface area contributed by atoms with Crippen LogP contribution in [-0.2, 0) is 6.42 Å². The van der Waals surface area contributed by atoms with E-state index in [1.54, 1.807) is 0 Å². The molecule has 2 heterocycles. The van der Waals surface area contributed by atoms with Gasteiger partial charge in [0.2, 0.25) is 0 Å². The second-order valence-corrected chi connectivity index (χ2v) is 6.08. The molecule has 122 valence electrons. The largest absolute Gasteiger partial charge is 0.369 e. The Morgan fingerprint density at radius 2 is 2.17 bits per heavy atom. The van der Waals surface area contributed by atoms with Crippen molar-refractivity contribution >= 4 is 5.82 Å². The van der Waals surface area contributed by atoms with Crippen molar-refractivity contribution in [3.8, 4) is 6.07 Å². The minimum atomic E-state index is -0.478. The number of benzene rings is 1. The highest BCUT2D eigenvalue weighted by Crippen LogP contribution is 2.36. The quantitative estimate of drug-likeness (QED) is 0.637. The summed E-state index contributed by atoms with van der Waals surface area (Å²) in [5, 5.41) is 20.8. The maximum absolute atomic E-state index is 11.4. The minimum absolute atomic E-state index is 0.0137. The molecule has 6 heteroatoms. The maximum Gasteiger partial charge on any atom is 0.369 e. The summed E-state index contributed by atoms with van der Waals surface area (Å²) >= 11 is 0. The van der Waals surface area contributed by atoms with Gasteiger partial charge in [0.1, 0.15) is 6.07 Å². The highest BCUT2D eigenvalue weighted by molar-refractivity contribution is 5.46. The van der Waals surface area contributed by atoms with E-state index in [1.165, 1.54) is 0 Å². The summed E-state index contributed by atoms with van der Waals surface area (Å²) in [6, 6.07) is 13.6. The summed E-state index contributed by atoms with van der Waals surface area (Å²) in [7, 11) is 1.97. The molecule has 0 aliphatic carbocycles. The molecule has 3 rings (SSSR count). The van der Waals surface area contributed by atoms with E-state index >= 15 is 0 Å². The van der Waals surface area contributed by atoms with Crippen molar-refractivity contribution < 1.29 is 4.92 Å². The Bertz CT molecular complexity index is 799. The third-order valence-electron chi connectivity index (χ3n) is 4.51. The zero-order valence-electron chi connectivity index (χ0n) is 13.5. The van der Waals surface area contributed by atoms with Gasteiger partial charge in [0.05, 0.1) is 5.56 Å². The van der Waals surface area contributed by atoms with Gasteiger partial charge < -0.3 is 10.1 Å². The van der Waals surface area contributed by atoms with E-state index in [1.807, 2.05) is 49.5 Å². The van der Waals surface area contributed by atoms with Gasteiger partial charge in [0, 0.05) is 18.0 Å². The topological polar surface area (TPSA) is 83.1 Å². The van der Waals surface area contributed by atoms with Crippen LogP contribution in [0.1, 0.15) is 41.3 Å². The van der Waals surface area contributed by atoms with Crippen LogP contribution in [0.5, 0.6) is 0 Å². The van der Waals surface area contributed by atoms with Crippen molar-refractivity contribution in [2.24, 2.45) is 0 Å². The summed E-state index contributed by atoms with van der Waals surface area (Å²) in [6.07, 6.45) is 2.42. The highest BCUT2D eigenvalue weighted by atomic mass is 16.6. The molecule has 0 bridgehead atoms. The van der Waals surface area contributed by atoms with Crippen molar-refractivity contribution in [3.63, 3.8) is 0 Å². The van der Waals surface area contributed by atoms with Crippen LogP contribution in [0.25, 0.3) is 0 Å². The predicted molar refractivity (Wildman–Crippen MR) is 89.5 cm³/mol. The standard InChI is InChI=1S/C18H18N4O2/c1-21-9-5-8-17(21)15-11-14(10-13-6-3-2-4-7-13)16(12-19)20-18(15)22(23)24/h2-4,6-7,11,17H,5,8-10H2,1H3. The van der Waals surface area contributed by atoms with E-state index in [2.05, 4.69) is 9.88 Å². The van der Waals surface area contributed by atoms with E-state index in [0.717, 1.165) is 30.5 Å². The lowest BCUT2D eigenvalue weighted by Crippen LogP contribution is -2.19. The van der Waals surface area contributed by atoms with Crippen LogP contribution < -0.4 is 0 Å². The van der Waals surface area contributed by atoms with Crippen molar-refractivity contribution in [3.05, 3.63) is 68.9 Å². The SMILES string of the molecule is CN1CCCC1c1cc(Cc2ccccc2)c(C#N)nc1[N+](=O)[O-]. The number of hydrogen-bond donors (Lipinski definition) is 0. The first-order chi connectivity index (χ1) is 11.6. The number of aromatic nitrogens is 1. The summed E-state index contributed by atoms with van der Waals surface area (Å²) in [4.78, 5) is 17.2. The van der Waals surface area contributed by atoms with E-state index < -0.39 is 4.92 Å². The molecule has 1 unspecified atom stereocenters. The molecule has 1 fully saturated rings. The molecule has 1 aromatic heterocycles. The van der Waals surface area contributed by atoms with Crippen LogP contribution >= 0.6 is 0 Å². The first-order valence-corrected chi connectivity index (χ1v) is 7.92. The van der Waals surface area contributed by atoms with Crippen LogP contribution in [0.15, 0.2) is 36.4 Å². The highest BCUT2D eigenvalue weighted by Gasteiger charge is 2.32. The molecule has 24 heavy (non-hydrogen) atoms. The second-order valence-electron chi connectivity index (χ2n) is 6.08. The Balaban J connectivity index is 2.08. The Hall–Kier alpha value is -2.78. The second kappa shape index (κ2) is 6.77. The molecule has 1 aliphatic heterocycles. The van der Waals surface area contributed by atoms with Crippen molar-refractivity contribution in [1.29, 1.82) is 5.26 Å². The fraction of sp³-hybridized carbons (Fsp3) is 0.333. The monoisotopic (exact) mass is 322 g/mol. The lowest BCUT2D eigenvalue weighted by atomic mass is 9.98. The Kier molecular flexibility index (Phi) is 4.54. The number of likely N-dealkylation sites (tertiary alicyclic amines) is 1. The molecule has 0 N–H and O–H groups in total. The van der Waals surface area contributed by atoms with E-state index in [4.69, 9.17) is 0 Å². The smallest absolute Gasteiger partial charge is 0.358 e. The molecule has 0 amide bonds. The molecule has 0 spiro atoms. The predicted octanol–water partition coefficient (Wildman–Crippen LogP) is 3.22. The molecule has 1 aromatic carbocycles. The van der Waals surface area contributed by atoms with E-state index in [0.29, 0.717) is 12.0 Å². The van der Waals surface area contributed by atoms with Gasteiger partial charge in [-0.05, 0) is 48.0 Å². The van der Waals surface area contributed by atoms with Crippen LogP contribution in [0.3, 0.4) is 0 Å². The van der Waals surface area contributed by atoms with Gasteiger partial charge in [-0.3, -0.25) is 4.90 Å². The Labute approximate surface area is 140 Å². The molecule has 0 radical (unpaired) electrons. The number of nitriles is 1.